The second kappa shape index (κ2) is 4.67. The summed E-state index contributed by atoms with van der Waals surface area (Å²) < 4.78 is 6.20. The Hall–Kier alpha value is -0.333. The minimum atomic E-state index is -1.62. The van der Waals surface area contributed by atoms with E-state index in [2.05, 4.69) is 32.6 Å². The predicted molar refractivity (Wildman–Crippen MR) is 65.0 cm³/mol. The molecule has 0 aromatic heterocycles. The van der Waals surface area contributed by atoms with E-state index in [1.165, 1.54) is 6.42 Å². The number of nitrogens with zero attached hydrogens (tertiary/aromatic N) is 1. The summed E-state index contributed by atoms with van der Waals surface area (Å²) in [6.45, 7) is 8.70. The van der Waals surface area contributed by atoms with Gasteiger partial charge < -0.3 is 4.43 Å². The Labute approximate surface area is 94.8 Å². The Bertz CT molecular complexity index is 253. The van der Waals surface area contributed by atoms with E-state index >= 15 is 0 Å². The Balaban J connectivity index is 2.85. The minimum Gasteiger partial charge on any atom is -0.400 e. The van der Waals surface area contributed by atoms with Crippen molar-refractivity contribution in [2.45, 2.75) is 64.3 Å². The fourth-order valence-corrected chi connectivity index (χ4v) is 4.01. The fourth-order valence-electron chi connectivity index (χ4n) is 2.60. The largest absolute Gasteiger partial charge is 0.400 e. The minimum absolute atomic E-state index is 0.447. The molecule has 15 heavy (non-hydrogen) atoms. The predicted octanol–water partition coefficient (Wildman–Crippen LogP) is 3.70. The highest BCUT2D eigenvalue weighted by atomic mass is 28.4. The van der Waals surface area contributed by atoms with Crippen molar-refractivity contribution in [3.63, 3.8) is 0 Å². The van der Waals surface area contributed by atoms with Gasteiger partial charge in [0.25, 0.3) is 0 Å². The maximum absolute atomic E-state index is 9.45. The van der Waals surface area contributed by atoms with Crippen molar-refractivity contribution in [2.24, 2.45) is 5.92 Å². The van der Waals surface area contributed by atoms with Crippen molar-refractivity contribution in [3.8, 4) is 6.07 Å². The van der Waals surface area contributed by atoms with Gasteiger partial charge in [0.15, 0.2) is 8.32 Å². The second-order valence-corrected chi connectivity index (χ2v) is 10.00. The first-order chi connectivity index (χ1) is 6.93. The lowest BCUT2D eigenvalue weighted by molar-refractivity contribution is 0.0176. The highest BCUT2D eigenvalue weighted by Gasteiger charge is 2.43. The van der Waals surface area contributed by atoms with Gasteiger partial charge in [0.05, 0.1) is 6.07 Å². The average Bonchev–Trinajstić information content (AvgIpc) is 2.16. The van der Waals surface area contributed by atoms with Crippen LogP contribution >= 0.6 is 0 Å². The zero-order valence-corrected chi connectivity index (χ0v) is 11.5. The van der Waals surface area contributed by atoms with Crippen molar-refractivity contribution < 1.29 is 4.43 Å². The van der Waals surface area contributed by atoms with Gasteiger partial charge >= 0.3 is 0 Å². The van der Waals surface area contributed by atoms with Crippen LogP contribution in [0.4, 0.5) is 0 Å². The monoisotopic (exact) mass is 225 g/mol. The average molecular weight is 225 g/mol. The van der Waals surface area contributed by atoms with Crippen LogP contribution in [0.25, 0.3) is 0 Å². The topological polar surface area (TPSA) is 33.0 Å². The molecule has 0 aromatic rings. The molecule has 2 atom stereocenters. The van der Waals surface area contributed by atoms with Gasteiger partial charge in [-0.1, -0.05) is 13.3 Å². The molecule has 0 aliphatic heterocycles. The van der Waals surface area contributed by atoms with E-state index < -0.39 is 13.9 Å². The van der Waals surface area contributed by atoms with Crippen molar-refractivity contribution in [1.82, 2.24) is 0 Å². The summed E-state index contributed by atoms with van der Waals surface area (Å²) in [7, 11) is -1.62. The summed E-state index contributed by atoms with van der Waals surface area (Å²) >= 11 is 0. The van der Waals surface area contributed by atoms with Crippen LogP contribution in [0.3, 0.4) is 0 Å². The molecule has 0 N–H and O–H groups in total. The van der Waals surface area contributed by atoms with Gasteiger partial charge in [-0.15, -0.1) is 0 Å². The first kappa shape index (κ1) is 12.7. The Morgan fingerprint density at radius 1 is 1.40 bits per heavy atom. The summed E-state index contributed by atoms with van der Waals surface area (Å²) in [5.41, 5.74) is -0.461. The molecule has 1 rings (SSSR count). The molecule has 0 amide bonds. The lowest BCUT2D eigenvalue weighted by atomic mass is 9.75. The van der Waals surface area contributed by atoms with Crippen LogP contribution in [-0.4, -0.2) is 13.9 Å². The van der Waals surface area contributed by atoms with Crippen molar-refractivity contribution in [1.29, 1.82) is 5.26 Å². The van der Waals surface area contributed by atoms with E-state index in [9.17, 15) is 5.26 Å². The molecule has 0 spiro atoms. The van der Waals surface area contributed by atoms with Crippen LogP contribution in [0.5, 0.6) is 0 Å². The smallest absolute Gasteiger partial charge is 0.185 e. The van der Waals surface area contributed by atoms with E-state index in [-0.39, 0.29) is 0 Å². The van der Waals surface area contributed by atoms with Crippen LogP contribution in [0, 0.1) is 17.2 Å². The highest BCUT2D eigenvalue weighted by molar-refractivity contribution is 6.69. The number of nitriles is 1. The summed E-state index contributed by atoms with van der Waals surface area (Å²) in [4.78, 5) is 0. The summed E-state index contributed by atoms with van der Waals surface area (Å²) in [5.74, 6) is 0.447. The van der Waals surface area contributed by atoms with Gasteiger partial charge in [-0.05, 0) is 45.3 Å². The number of hydrogen-bond acceptors (Lipinski definition) is 2. The molecule has 0 saturated heterocycles. The Morgan fingerprint density at radius 3 is 2.53 bits per heavy atom. The molecule has 1 aliphatic rings. The van der Waals surface area contributed by atoms with E-state index in [0.29, 0.717) is 5.92 Å². The van der Waals surface area contributed by atoms with Crippen LogP contribution in [0.2, 0.25) is 19.6 Å². The van der Waals surface area contributed by atoms with Gasteiger partial charge in [0.1, 0.15) is 5.60 Å². The molecule has 0 heterocycles. The molecule has 1 fully saturated rings. The molecule has 1 aliphatic carbocycles. The van der Waals surface area contributed by atoms with Gasteiger partial charge in [-0.2, -0.15) is 5.26 Å². The number of hydrogen-bond donors (Lipinski definition) is 0. The van der Waals surface area contributed by atoms with Crippen LogP contribution in [0.15, 0.2) is 0 Å². The molecular weight excluding hydrogens is 202 g/mol. The molecule has 0 radical (unpaired) electrons. The Kier molecular flexibility index (Phi) is 3.97. The van der Waals surface area contributed by atoms with Gasteiger partial charge in [0.2, 0.25) is 0 Å². The van der Waals surface area contributed by atoms with E-state index in [0.717, 1.165) is 25.7 Å². The first-order valence-electron chi connectivity index (χ1n) is 6.05. The molecule has 2 nitrogen and oxygen atoms in total. The summed E-state index contributed by atoms with van der Waals surface area (Å²) in [6.07, 6.45) is 5.57. The molecule has 3 heteroatoms. The zero-order chi connectivity index (χ0) is 11.5. The quantitative estimate of drug-likeness (QED) is 0.686. The molecule has 0 bridgehead atoms. The standard InChI is InChI=1S/C12H23NOSi/c1-5-11-8-6-7-9-12(11,10-13)14-15(2,3)4/h11H,5-9H2,1-4H3/t11-,12+/m1/s1. The van der Waals surface area contributed by atoms with Crippen LogP contribution in [-0.2, 0) is 4.43 Å². The highest BCUT2D eigenvalue weighted by Crippen LogP contribution is 2.40. The molecule has 1 saturated carbocycles. The summed E-state index contributed by atoms with van der Waals surface area (Å²) in [5, 5.41) is 9.45. The SMILES string of the molecule is CC[C@@H]1CCCC[C@@]1(C#N)O[Si](C)(C)C. The molecule has 86 valence electrons. The maximum atomic E-state index is 9.45. The summed E-state index contributed by atoms with van der Waals surface area (Å²) in [6, 6.07) is 2.49. The van der Waals surface area contributed by atoms with E-state index in [4.69, 9.17) is 4.43 Å². The van der Waals surface area contributed by atoms with Crippen molar-refractivity contribution in [3.05, 3.63) is 0 Å². The Morgan fingerprint density at radius 2 is 2.07 bits per heavy atom. The second-order valence-electron chi connectivity index (χ2n) is 5.57. The van der Waals surface area contributed by atoms with Crippen molar-refractivity contribution >= 4 is 8.32 Å². The van der Waals surface area contributed by atoms with Crippen molar-refractivity contribution in [2.75, 3.05) is 0 Å². The van der Waals surface area contributed by atoms with Crippen LogP contribution < -0.4 is 0 Å². The number of rotatable bonds is 3. The molecule has 0 aromatic carbocycles. The zero-order valence-electron chi connectivity index (χ0n) is 10.5. The lowest BCUT2D eigenvalue weighted by Crippen LogP contribution is -2.48. The third-order valence-corrected chi connectivity index (χ3v) is 4.16. The molecular formula is C12H23NOSi. The molecule has 0 unspecified atom stereocenters. The lowest BCUT2D eigenvalue weighted by Gasteiger charge is -2.42. The van der Waals surface area contributed by atoms with Crippen LogP contribution in [0.1, 0.15) is 39.0 Å². The fraction of sp³-hybridized carbons (Fsp3) is 0.917. The van der Waals surface area contributed by atoms with E-state index in [1.807, 2.05) is 0 Å². The van der Waals surface area contributed by atoms with Gasteiger partial charge in [-0.25, -0.2) is 0 Å². The maximum Gasteiger partial charge on any atom is 0.185 e. The third kappa shape index (κ3) is 3.06. The first-order valence-corrected chi connectivity index (χ1v) is 9.46. The third-order valence-electron chi connectivity index (χ3n) is 3.18. The normalized spacial score (nSPS) is 32.3. The van der Waals surface area contributed by atoms with Gasteiger partial charge in [-0.3, -0.25) is 0 Å². The van der Waals surface area contributed by atoms with E-state index in [1.54, 1.807) is 0 Å². The van der Waals surface area contributed by atoms with Gasteiger partial charge in [0, 0.05) is 5.92 Å².